The molecule has 62 heavy (non-hydrogen) atoms. The van der Waals surface area contributed by atoms with Crippen LogP contribution in [-0.2, 0) is 27.9 Å². The Bertz CT molecular complexity index is 1040. The molecule has 6 N–H and O–H groups in total. The van der Waals surface area contributed by atoms with Crippen molar-refractivity contribution < 1.29 is 58.3 Å². The molecule has 8 atom stereocenters. The second-order valence-corrected chi connectivity index (χ2v) is 19.8. The van der Waals surface area contributed by atoms with Crippen LogP contribution in [-0.4, -0.2) is 98.9 Å². The molecule has 1 rings (SSSR count). The first kappa shape index (κ1) is 59.4. The summed E-state index contributed by atoms with van der Waals surface area (Å²) in [5.41, 5.74) is 0. The van der Waals surface area contributed by atoms with Crippen molar-refractivity contribution in [2.24, 2.45) is 0 Å². The van der Waals surface area contributed by atoms with Crippen LogP contribution in [0.5, 0.6) is 0 Å². The minimum atomic E-state index is -5.01. The van der Waals surface area contributed by atoms with E-state index in [0.29, 0.717) is 13.0 Å². The van der Waals surface area contributed by atoms with Gasteiger partial charge < -0.3 is 39.9 Å². The third-order valence-electron chi connectivity index (χ3n) is 12.5. The van der Waals surface area contributed by atoms with E-state index >= 15 is 0 Å². The summed E-state index contributed by atoms with van der Waals surface area (Å²) in [4.78, 5) is 23.2. The number of hydrogen-bond acceptors (Lipinski definition) is 11. The number of hydrogen-bond donors (Lipinski definition) is 6. The van der Waals surface area contributed by atoms with E-state index in [1.807, 2.05) is 0 Å². The third kappa shape index (κ3) is 32.1. The maximum absolute atomic E-state index is 12.8. The number of aliphatic hydroxyl groups excluding tert-OH is 5. The largest absolute Gasteiger partial charge is 0.472 e. The van der Waals surface area contributed by atoms with E-state index in [1.54, 1.807) is 0 Å². The van der Waals surface area contributed by atoms with E-state index in [4.69, 9.17) is 18.5 Å². The number of phosphoric acid groups is 1. The van der Waals surface area contributed by atoms with Gasteiger partial charge in [-0.25, -0.2) is 4.57 Å². The summed E-state index contributed by atoms with van der Waals surface area (Å²) in [5.74, 6) is -0.469. The molecule has 12 nitrogen and oxygen atoms in total. The summed E-state index contributed by atoms with van der Waals surface area (Å²) < 4.78 is 34.2. The van der Waals surface area contributed by atoms with E-state index < -0.39 is 63.1 Å². The second kappa shape index (κ2) is 40.6. The van der Waals surface area contributed by atoms with Gasteiger partial charge in [0.25, 0.3) is 0 Å². The van der Waals surface area contributed by atoms with Crippen molar-refractivity contribution in [1.29, 1.82) is 0 Å². The highest BCUT2D eigenvalue weighted by atomic mass is 31.2. The van der Waals surface area contributed by atoms with Crippen LogP contribution >= 0.6 is 7.82 Å². The summed E-state index contributed by atoms with van der Waals surface area (Å²) in [6.45, 7) is 4.31. The number of unbranched alkanes of at least 4 members (excludes halogenated alkanes) is 33. The van der Waals surface area contributed by atoms with Gasteiger partial charge in [0, 0.05) is 13.0 Å². The summed E-state index contributed by atoms with van der Waals surface area (Å²) in [7, 11) is -5.01. The average molecular weight is 909 g/mol. The molecule has 0 heterocycles. The molecule has 370 valence electrons. The summed E-state index contributed by atoms with van der Waals surface area (Å²) in [5, 5.41) is 50.2. The second-order valence-electron chi connectivity index (χ2n) is 18.4. The molecular formula is C49H97O12P. The Morgan fingerprint density at radius 1 is 0.452 bits per heavy atom. The molecule has 0 amide bonds. The van der Waals surface area contributed by atoms with Gasteiger partial charge in [0.05, 0.1) is 13.2 Å². The van der Waals surface area contributed by atoms with Crippen LogP contribution in [0.4, 0.5) is 0 Å². The average Bonchev–Trinajstić information content (AvgIpc) is 3.26. The predicted octanol–water partition coefficient (Wildman–Crippen LogP) is 11.3. The highest BCUT2D eigenvalue weighted by molar-refractivity contribution is 7.47. The van der Waals surface area contributed by atoms with Crippen molar-refractivity contribution >= 4 is 13.8 Å². The van der Waals surface area contributed by atoms with Crippen LogP contribution in [0.1, 0.15) is 245 Å². The molecular weight excluding hydrogens is 812 g/mol. The summed E-state index contributed by atoms with van der Waals surface area (Å²) >= 11 is 0. The Balaban J connectivity index is 2.27. The molecule has 0 aromatic heterocycles. The predicted molar refractivity (Wildman–Crippen MR) is 249 cm³/mol. The lowest BCUT2D eigenvalue weighted by atomic mass is 9.85. The van der Waals surface area contributed by atoms with Crippen molar-refractivity contribution in [2.75, 3.05) is 19.8 Å². The fourth-order valence-electron chi connectivity index (χ4n) is 8.36. The molecule has 0 radical (unpaired) electrons. The standard InChI is InChI=1S/C49H97O12P/c1-3-5-7-9-11-13-15-17-18-19-20-21-22-23-24-25-26-27-28-30-32-34-36-38-43(50)60-42(40-58-39-37-35-33-31-29-16-14-12-10-8-6-4-2)41-59-62(56,57)61-49-47(54)45(52)44(51)46(53)48(49)55/h42,44-49,51-55H,3-41H2,1-2H3,(H,56,57)/t42-,44?,45-,46?,47?,48?,49?/m1/s1. The fraction of sp³-hybridized carbons (Fsp3) is 0.980. The van der Waals surface area contributed by atoms with Gasteiger partial charge in [-0.2, -0.15) is 0 Å². The number of aliphatic hydroxyl groups is 5. The Morgan fingerprint density at radius 2 is 0.758 bits per heavy atom. The maximum Gasteiger partial charge on any atom is 0.472 e. The molecule has 0 saturated heterocycles. The highest BCUT2D eigenvalue weighted by Crippen LogP contribution is 2.47. The maximum atomic E-state index is 12.8. The number of esters is 1. The topological polar surface area (TPSA) is 192 Å². The van der Waals surface area contributed by atoms with Gasteiger partial charge >= 0.3 is 13.8 Å². The third-order valence-corrected chi connectivity index (χ3v) is 13.5. The lowest BCUT2D eigenvalue weighted by Gasteiger charge is -2.41. The zero-order valence-electron chi connectivity index (χ0n) is 39.7. The van der Waals surface area contributed by atoms with Gasteiger partial charge in [0.1, 0.15) is 42.7 Å². The Labute approximate surface area is 378 Å². The lowest BCUT2D eigenvalue weighted by Crippen LogP contribution is -2.64. The molecule has 0 aromatic rings. The smallest absolute Gasteiger partial charge is 0.457 e. The zero-order chi connectivity index (χ0) is 45.5. The molecule has 1 saturated carbocycles. The molecule has 1 aliphatic carbocycles. The van der Waals surface area contributed by atoms with Crippen molar-refractivity contribution in [1.82, 2.24) is 0 Å². The number of ether oxygens (including phenoxy) is 2. The summed E-state index contributed by atoms with van der Waals surface area (Å²) in [6.07, 6.45) is 31.8. The van der Waals surface area contributed by atoms with Crippen LogP contribution in [0, 0.1) is 0 Å². The van der Waals surface area contributed by atoms with Gasteiger partial charge in [-0.15, -0.1) is 0 Å². The molecule has 0 bridgehead atoms. The molecule has 1 fully saturated rings. The van der Waals surface area contributed by atoms with E-state index in [0.717, 1.165) is 38.5 Å². The van der Waals surface area contributed by atoms with Crippen molar-refractivity contribution in [3.05, 3.63) is 0 Å². The Hall–Kier alpha value is -0.660. The van der Waals surface area contributed by atoms with Gasteiger partial charge in [-0.3, -0.25) is 13.8 Å². The van der Waals surface area contributed by atoms with Crippen LogP contribution in [0.3, 0.4) is 0 Å². The molecule has 0 spiro atoms. The van der Waals surface area contributed by atoms with Crippen LogP contribution in [0.2, 0.25) is 0 Å². The molecule has 0 aliphatic heterocycles. The number of rotatable bonds is 45. The number of carbonyl (C=O) groups excluding carboxylic acids is 1. The van der Waals surface area contributed by atoms with Crippen LogP contribution < -0.4 is 0 Å². The van der Waals surface area contributed by atoms with Crippen LogP contribution in [0.25, 0.3) is 0 Å². The van der Waals surface area contributed by atoms with Gasteiger partial charge in [-0.05, 0) is 12.8 Å². The molecule has 6 unspecified atom stereocenters. The molecule has 13 heteroatoms. The Kier molecular flexibility index (Phi) is 38.9. The molecule has 1 aliphatic rings. The fourth-order valence-corrected chi connectivity index (χ4v) is 9.33. The first-order valence-corrected chi connectivity index (χ1v) is 27.4. The quantitative estimate of drug-likeness (QED) is 0.0193. The van der Waals surface area contributed by atoms with E-state index in [2.05, 4.69) is 13.8 Å². The Morgan fingerprint density at radius 3 is 1.11 bits per heavy atom. The normalized spacial score (nSPS) is 21.9. The van der Waals surface area contributed by atoms with Crippen LogP contribution in [0.15, 0.2) is 0 Å². The SMILES string of the molecule is CCCCCCCCCCCCCCCCCCCCCCCCCC(=O)O[C@H](COCCCCCCCCCCCCCC)COP(=O)(O)OC1C(O)C(O)C(O)[C@@H](O)C1O. The van der Waals surface area contributed by atoms with E-state index in [9.17, 15) is 39.8 Å². The number of phosphoric ester groups is 1. The van der Waals surface area contributed by atoms with Crippen molar-refractivity contribution in [3.63, 3.8) is 0 Å². The lowest BCUT2D eigenvalue weighted by molar-refractivity contribution is -0.220. The minimum absolute atomic E-state index is 0.0680. The van der Waals surface area contributed by atoms with Crippen molar-refractivity contribution in [3.8, 4) is 0 Å². The minimum Gasteiger partial charge on any atom is -0.457 e. The van der Waals surface area contributed by atoms with Gasteiger partial charge in [0.2, 0.25) is 0 Å². The van der Waals surface area contributed by atoms with Gasteiger partial charge in [0.15, 0.2) is 0 Å². The van der Waals surface area contributed by atoms with Gasteiger partial charge in [-0.1, -0.05) is 226 Å². The van der Waals surface area contributed by atoms with Crippen molar-refractivity contribution in [2.45, 2.75) is 288 Å². The zero-order valence-corrected chi connectivity index (χ0v) is 40.6. The first-order valence-electron chi connectivity index (χ1n) is 25.9. The van der Waals surface area contributed by atoms with E-state index in [1.165, 1.54) is 180 Å². The van der Waals surface area contributed by atoms with E-state index in [-0.39, 0.29) is 13.0 Å². The molecule has 0 aromatic carbocycles. The monoisotopic (exact) mass is 909 g/mol. The summed E-state index contributed by atoms with van der Waals surface area (Å²) in [6, 6.07) is 0. The number of carbonyl (C=O) groups is 1. The first-order chi connectivity index (χ1) is 30.0. The highest BCUT2D eigenvalue weighted by Gasteiger charge is 2.51.